The van der Waals surface area contributed by atoms with Crippen molar-refractivity contribution in [2.24, 2.45) is 5.73 Å². The molecule has 0 saturated carbocycles. The summed E-state index contributed by atoms with van der Waals surface area (Å²) in [5.41, 5.74) is 5.77. The van der Waals surface area contributed by atoms with Gasteiger partial charge in [-0.2, -0.15) is 4.68 Å². The first-order valence-electron chi connectivity index (χ1n) is 8.54. The zero-order chi connectivity index (χ0) is 22.3. The van der Waals surface area contributed by atoms with Gasteiger partial charge in [0, 0.05) is 5.39 Å². The maximum atomic E-state index is 13.1. The number of hydrogen-bond acceptors (Lipinski definition) is 7. The third-order valence-corrected chi connectivity index (χ3v) is 5.52. The predicted molar refractivity (Wildman–Crippen MR) is 105 cm³/mol. The summed E-state index contributed by atoms with van der Waals surface area (Å²) in [7, 11) is 0. The van der Waals surface area contributed by atoms with Crippen molar-refractivity contribution in [3.05, 3.63) is 44.1 Å². The number of nitrogens with zero attached hydrogens (tertiary/aromatic N) is 4. The Bertz CT molecular complexity index is 1190. The molecule has 3 rings (SSSR count). The van der Waals surface area contributed by atoms with Crippen molar-refractivity contribution in [3.63, 3.8) is 0 Å². The molecule has 0 fully saturated rings. The largest absolute Gasteiger partial charge is 0.390 e. The molecule has 0 aliphatic rings. The number of nitrogens with one attached hydrogen (secondary N) is 1. The van der Waals surface area contributed by atoms with Crippen molar-refractivity contribution >= 4 is 44.9 Å². The maximum absolute atomic E-state index is 13.1. The number of carbonyl (C=O) groups excluding carboxylic acids is 2. The molecule has 3 aromatic rings. The van der Waals surface area contributed by atoms with Gasteiger partial charge in [-0.25, -0.2) is 13.8 Å². The Kier molecular flexibility index (Phi) is 5.48. The van der Waals surface area contributed by atoms with Gasteiger partial charge in [0.15, 0.2) is 0 Å². The lowest BCUT2D eigenvalue weighted by Gasteiger charge is -2.13. The fraction of sp³-hybridized carbons (Fsp3) is 0.294. The van der Waals surface area contributed by atoms with Crippen LogP contribution in [0.3, 0.4) is 0 Å². The molecule has 30 heavy (non-hydrogen) atoms. The number of fused-ring (bicyclic) bond motifs is 1. The molecule has 158 valence electrons. The second kappa shape index (κ2) is 7.74. The molecule has 13 heteroatoms. The summed E-state index contributed by atoms with van der Waals surface area (Å²) in [5, 5.41) is 17.6. The highest BCUT2D eigenvalue weighted by atomic mass is 32.1. The molecule has 0 radical (unpaired) electrons. The van der Waals surface area contributed by atoms with E-state index in [1.54, 1.807) is 13.8 Å². The summed E-state index contributed by atoms with van der Waals surface area (Å²) in [5.74, 6) is -1.90. The Morgan fingerprint density at radius 3 is 2.53 bits per heavy atom. The Balaban J connectivity index is 2.04. The van der Waals surface area contributed by atoms with E-state index in [1.807, 2.05) is 0 Å². The number of aryl methyl sites for hydroxylation is 2. The van der Waals surface area contributed by atoms with Crippen molar-refractivity contribution in [2.75, 3.05) is 5.32 Å². The molecule has 3 N–H and O–H groups in total. The molecule has 0 aliphatic carbocycles. The van der Waals surface area contributed by atoms with E-state index >= 15 is 0 Å². The summed E-state index contributed by atoms with van der Waals surface area (Å²) in [6, 6.07) is 1.42. The van der Waals surface area contributed by atoms with E-state index in [2.05, 4.69) is 15.4 Å². The van der Waals surface area contributed by atoms with Crippen LogP contribution >= 0.6 is 11.3 Å². The molecule has 0 spiro atoms. The number of halogens is 2. The number of carbonyl (C=O) groups is 2. The number of anilines is 1. The predicted octanol–water partition coefficient (Wildman–Crippen LogP) is 3.25. The fourth-order valence-electron chi connectivity index (χ4n) is 3.00. The first-order chi connectivity index (χ1) is 14.0. The number of primary amides is 1. The van der Waals surface area contributed by atoms with E-state index in [0.717, 1.165) is 11.3 Å². The van der Waals surface area contributed by atoms with Crippen LogP contribution in [0, 0.1) is 24.0 Å². The van der Waals surface area contributed by atoms with E-state index in [9.17, 15) is 28.5 Å². The molecule has 0 aliphatic heterocycles. The molecule has 10 nitrogen and oxygen atoms in total. The molecule has 3 aromatic heterocycles. The van der Waals surface area contributed by atoms with Gasteiger partial charge >= 0.3 is 5.82 Å². The second-order valence-corrected chi connectivity index (χ2v) is 7.53. The molecule has 1 atom stereocenters. The highest BCUT2D eigenvalue weighted by Gasteiger charge is 2.28. The van der Waals surface area contributed by atoms with E-state index in [1.165, 1.54) is 23.7 Å². The van der Waals surface area contributed by atoms with Crippen LogP contribution < -0.4 is 11.1 Å². The van der Waals surface area contributed by atoms with Crippen LogP contribution in [0.1, 0.15) is 46.0 Å². The molecule has 2 amide bonds. The zero-order valence-corrected chi connectivity index (χ0v) is 16.8. The number of thiophene rings is 1. The van der Waals surface area contributed by atoms with Crippen LogP contribution in [-0.2, 0) is 4.79 Å². The van der Waals surface area contributed by atoms with Crippen molar-refractivity contribution in [1.82, 2.24) is 14.8 Å². The quantitative estimate of drug-likeness (QED) is 0.446. The van der Waals surface area contributed by atoms with Gasteiger partial charge in [-0.1, -0.05) is 0 Å². The number of aromatic nitrogens is 3. The number of rotatable bonds is 6. The SMILES string of the molecule is Cc1cc(C(F)F)nc2sc(C(N)=O)c(NC(=O)C(C)n3nc([N+](=O)[O-])cc3C)c12. The number of nitrogens with two attached hydrogens (primary N) is 1. The van der Waals surface area contributed by atoms with Gasteiger partial charge in [-0.3, -0.25) is 9.59 Å². The van der Waals surface area contributed by atoms with Gasteiger partial charge in [0.2, 0.25) is 0 Å². The average molecular weight is 438 g/mol. The molecule has 1 unspecified atom stereocenters. The summed E-state index contributed by atoms with van der Waals surface area (Å²) >= 11 is 0.793. The lowest BCUT2D eigenvalue weighted by atomic mass is 10.1. The minimum Gasteiger partial charge on any atom is -0.365 e. The number of alkyl halides is 2. The Hall–Kier alpha value is -3.48. The molecule has 0 aromatic carbocycles. The summed E-state index contributed by atoms with van der Waals surface area (Å²) < 4.78 is 27.3. The lowest BCUT2D eigenvalue weighted by Crippen LogP contribution is -2.26. The van der Waals surface area contributed by atoms with Crippen LogP contribution in [0.5, 0.6) is 0 Å². The Morgan fingerprint density at radius 1 is 1.33 bits per heavy atom. The molecular weight excluding hydrogens is 422 g/mol. The standard InChI is InChI=1S/C17H16F2N6O4S/c1-6-4-9(14(18)19)21-17-11(6)12(13(30-17)15(20)26)22-16(27)8(3)24-7(2)5-10(23-24)25(28)29/h4-5,8,14H,1-3H3,(H2,20,26)(H,22,27). The monoisotopic (exact) mass is 438 g/mol. The van der Waals surface area contributed by atoms with Crippen LogP contribution in [-0.4, -0.2) is 31.5 Å². The van der Waals surface area contributed by atoms with E-state index in [-0.39, 0.29) is 15.4 Å². The van der Waals surface area contributed by atoms with Gasteiger partial charge < -0.3 is 21.2 Å². The van der Waals surface area contributed by atoms with E-state index in [0.29, 0.717) is 16.6 Å². The molecule has 0 saturated heterocycles. The summed E-state index contributed by atoms with van der Waals surface area (Å²) in [6.45, 7) is 4.57. The normalized spacial score (nSPS) is 12.3. The molecule has 3 heterocycles. The minimum atomic E-state index is -2.80. The molecular formula is C17H16F2N6O4S. The third kappa shape index (κ3) is 3.70. The molecule has 0 bridgehead atoms. The average Bonchev–Trinajstić information content (AvgIpc) is 3.22. The topological polar surface area (TPSA) is 146 Å². The highest BCUT2D eigenvalue weighted by Crippen LogP contribution is 2.38. The summed E-state index contributed by atoms with van der Waals surface area (Å²) in [4.78, 5) is 38.9. The zero-order valence-electron chi connectivity index (χ0n) is 16.0. The van der Waals surface area contributed by atoms with Crippen molar-refractivity contribution < 1.29 is 23.3 Å². The van der Waals surface area contributed by atoms with Crippen molar-refractivity contribution in [2.45, 2.75) is 33.2 Å². The first kappa shape index (κ1) is 21.2. The van der Waals surface area contributed by atoms with Crippen LogP contribution in [0.2, 0.25) is 0 Å². The van der Waals surface area contributed by atoms with E-state index in [4.69, 9.17) is 5.73 Å². The lowest BCUT2D eigenvalue weighted by molar-refractivity contribution is -0.389. The summed E-state index contributed by atoms with van der Waals surface area (Å²) in [6.07, 6.45) is -2.80. The van der Waals surface area contributed by atoms with Gasteiger partial charge in [0.1, 0.15) is 21.4 Å². The van der Waals surface area contributed by atoms with Crippen LogP contribution in [0.4, 0.5) is 20.3 Å². The van der Waals surface area contributed by atoms with E-state index < -0.39 is 40.7 Å². The van der Waals surface area contributed by atoms with Crippen molar-refractivity contribution in [3.8, 4) is 0 Å². The number of pyridine rings is 1. The van der Waals surface area contributed by atoms with Gasteiger partial charge in [-0.15, -0.1) is 11.3 Å². The number of amides is 2. The number of hydrogen-bond donors (Lipinski definition) is 2. The smallest absolute Gasteiger partial charge is 0.365 e. The van der Waals surface area contributed by atoms with Gasteiger partial charge in [-0.05, 0) is 37.3 Å². The third-order valence-electron chi connectivity index (χ3n) is 4.42. The van der Waals surface area contributed by atoms with Gasteiger partial charge in [0.25, 0.3) is 18.2 Å². The van der Waals surface area contributed by atoms with Crippen LogP contribution in [0.25, 0.3) is 10.2 Å². The van der Waals surface area contributed by atoms with Crippen LogP contribution in [0.15, 0.2) is 12.1 Å². The van der Waals surface area contributed by atoms with Gasteiger partial charge in [0.05, 0.1) is 22.5 Å². The maximum Gasteiger partial charge on any atom is 0.390 e. The number of nitro groups is 1. The Labute approximate surface area is 171 Å². The Morgan fingerprint density at radius 2 is 2.00 bits per heavy atom. The minimum absolute atomic E-state index is 0.0456. The second-order valence-electron chi connectivity index (χ2n) is 6.53. The first-order valence-corrected chi connectivity index (χ1v) is 9.36. The fourth-order valence-corrected chi connectivity index (χ4v) is 4.07. The van der Waals surface area contributed by atoms with Crippen molar-refractivity contribution in [1.29, 1.82) is 0 Å². The highest BCUT2D eigenvalue weighted by molar-refractivity contribution is 7.21.